The first kappa shape index (κ1) is 21.9. The van der Waals surface area contributed by atoms with Crippen molar-refractivity contribution in [3.63, 3.8) is 0 Å². The molecule has 0 aliphatic carbocycles. The van der Waals surface area contributed by atoms with Gasteiger partial charge in [-0.3, -0.25) is 4.90 Å². The molecule has 0 spiro atoms. The van der Waals surface area contributed by atoms with Crippen molar-refractivity contribution < 1.29 is 13.6 Å². The smallest absolute Gasteiger partial charge is 0.319 e. The van der Waals surface area contributed by atoms with Crippen LogP contribution in [0.25, 0.3) is 0 Å². The summed E-state index contributed by atoms with van der Waals surface area (Å²) in [6.45, 7) is 7.70. The predicted octanol–water partition coefficient (Wildman–Crippen LogP) is 4.72. The fourth-order valence-electron chi connectivity index (χ4n) is 4.25. The van der Waals surface area contributed by atoms with Crippen LogP contribution in [0.15, 0.2) is 65.3 Å². The lowest BCUT2D eigenvalue weighted by Crippen LogP contribution is -2.50. The van der Waals surface area contributed by atoms with Crippen molar-refractivity contribution in [2.75, 3.05) is 42.9 Å². The molecule has 7 heteroatoms. The Hall–Kier alpha value is -3.32. The Bertz CT molecular complexity index is 1010. The number of hydrogen-bond acceptors (Lipinski definition) is 4. The predicted molar refractivity (Wildman–Crippen MR) is 125 cm³/mol. The number of rotatable bonds is 6. The van der Waals surface area contributed by atoms with Crippen LogP contribution in [0.2, 0.25) is 0 Å². The number of halogens is 1. The highest BCUT2D eigenvalue weighted by Gasteiger charge is 2.27. The summed E-state index contributed by atoms with van der Waals surface area (Å²) in [6.07, 6.45) is 1.66. The van der Waals surface area contributed by atoms with E-state index in [2.05, 4.69) is 26.5 Å². The highest BCUT2D eigenvalue weighted by Crippen LogP contribution is 2.24. The second kappa shape index (κ2) is 9.87. The summed E-state index contributed by atoms with van der Waals surface area (Å²) in [7, 11) is 0. The summed E-state index contributed by atoms with van der Waals surface area (Å²) in [6, 6.07) is 16.1. The van der Waals surface area contributed by atoms with Crippen molar-refractivity contribution in [2.24, 2.45) is 0 Å². The van der Waals surface area contributed by atoms with Crippen LogP contribution in [0.3, 0.4) is 0 Å². The number of hydrogen-bond donors (Lipinski definition) is 2. The summed E-state index contributed by atoms with van der Waals surface area (Å²) in [4.78, 5) is 17.1. The average molecular weight is 437 g/mol. The lowest BCUT2D eigenvalue weighted by molar-refractivity contribution is 0.162. The number of nitrogens with zero attached hydrogens (tertiary/aromatic N) is 2. The largest absolute Gasteiger partial charge is 0.468 e. The summed E-state index contributed by atoms with van der Waals surface area (Å²) < 4.78 is 18.9. The highest BCUT2D eigenvalue weighted by atomic mass is 19.1. The average Bonchev–Trinajstić information content (AvgIpc) is 3.29. The summed E-state index contributed by atoms with van der Waals surface area (Å²) in [5, 5.41) is 5.92. The fourth-order valence-corrected chi connectivity index (χ4v) is 4.25. The molecule has 1 unspecified atom stereocenters. The molecule has 0 saturated carbocycles. The zero-order chi connectivity index (χ0) is 22.5. The standard InChI is InChI=1S/C25H29FN4O2/c1-18-14-19(2)16-21(15-18)28-25(31)27-17-23(24-4-3-13-32-24)30-11-9-29(10-12-30)22-7-5-20(26)6-8-22/h3-8,13-16,23H,9-12,17H2,1-2H3,(H2,27,28,31). The summed E-state index contributed by atoms with van der Waals surface area (Å²) in [5.41, 5.74) is 4.01. The fraction of sp³-hybridized carbons (Fsp3) is 0.320. The monoisotopic (exact) mass is 436 g/mol. The van der Waals surface area contributed by atoms with Crippen LogP contribution in [0.4, 0.5) is 20.6 Å². The Morgan fingerprint density at radius 3 is 2.34 bits per heavy atom. The van der Waals surface area contributed by atoms with Crippen LogP contribution in [-0.4, -0.2) is 43.7 Å². The minimum Gasteiger partial charge on any atom is -0.468 e. The maximum absolute atomic E-state index is 13.2. The van der Waals surface area contributed by atoms with Gasteiger partial charge in [-0.2, -0.15) is 0 Å². The Kier molecular flexibility index (Phi) is 6.75. The molecule has 1 aliphatic heterocycles. The number of urea groups is 1. The molecule has 3 aromatic rings. The van der Waals surface area contributed by atoms with Gasteiger partial charge in [0.15, 0.2) is 0 Å². The van der Waals surface area contributed by atoms with Gasteiger partial charge in [-0.25, -0.2) is 9.18 Å². The number of aryl methyl sites for hydroxylation is 2. The topological polar surface area (TPSA) is 60.8 Å². The Morgan fingerprint density at radius 1 is 1.03 bits per heavy atom. The van der Waals surface area contributed by atoms with Crippen LogP contribution in [0.5, 0.6) is 0 Å². The second-order valence-corrected chi connectivity index (χ2v) is 8.24. The third-order valence-corrected chi connectivity index (χ3v) is 5.75. The number of nitrogens with one attached hydrogen (secondary N) is 2. The van der Waals surface area contributed by atoms with Gasteiger partial charge in [0.2, 0.25) is 0 Å². The van der Waals surface area contributed by atoms with Gasteiger partial charge >= 0.3 is 6.03 Å². The van der Waals surface area contributed by atoms with Crippen LogP contribution in [0.1, 0.15) is 22.9 Å². The molecule has 4 rings (SSSR count). The SMILES string of the molecule is Cc1cc(C)cc(NC(=O)NCC(c2ccco2)N2CCN(c3ccc(F)cc3)CC2)c1. The van der Waals surface area contributed by atoms with Crippen molar-refractivity contribution >= 4 is 17.4 Å². The maximum Gasteiger partial charge on any atom is 0.319 e. The van der Waals surface area contributed by atoms with Crippen LogP contribution >= 0.6 is 0 Å². The molecule has 1 aliphatic rings. The van der Waals surface area contributed by atoms with E-state index in [9.17, 15) is 9.18 Å². The molecule has 2 N–H and O–H groups in total. The third-order valence-electron chi connectivity index (χ3n) is 5.75. The molecule has 32 heavy (non-hydrogen) atoms. The lowest BCUT2D eigenvalue weighted by Gasteiger charge is -2.39. The number of piperazine rings is 1. The second-order valence-electron chi connectivity index (χ2n) is 8.24. The van der Waals surface area contributed by atoms with Crippen molar-refractivity contribution in [3.8, 4) is 0 Å². The van der Waals surface area contributed by atoms with Gasteiger partial charge in [-0.15, -0.1) is 0 Å². The quantitative estimate of drug-likeness (QED) is 0.587. The van der Waals surface area contributed by atoms with Gasteiger partial charge in [0.1, 0.15) is 11.6 Å². The van der Waals surface area contributed by atoms with Gasteiger partial charge in [-0.1, -0.05) is 6.07 Å². The van der Waals surface area contributed by atoms with E-state index in [0.29, 0.717) is 6.54 Å². The number of carbonyl (C=O) groups excluding carboxylic acids is 1. The molecule has 1 fully saturated rings. The van der Waals surface area contributed by atoms with E-state index in [1.165, 1.54) is 12.1 Å². The van der Waals surface area contributed by atoms with Crippen molar-refractivity contribution in [1.29, 1.82) is 0 Å². The minimum absolute atomic E-state index is 0.0645. The molecular weight excluding hydrogens is 407 g/mol. The van der Waals surface area contributed by atoms with Crippen LogP contribution < -0.4 is 15.5 Å². The number of amides is 2. The molecule has 2 aromatic carbocycles. The number of carbonyl (C=O) groups is 1. The number of furan rings is 1. The van der Waals surface area contributed by atoms with Gasteiger partial charge in [0.05, 0.1) is 12.3 Å². The molecule has 0 radical (unpaired) electrons. The molecule has 1 saturated heterocycles. The molecule has 2 heterocycles. The molecule has 1 atom stereocenters. The van der Waals surface area contributed by atoms with Crippen LogP contribution in [0, 0.1) is 19.7 Å². The van der Waals surface area contributed by atoms with E-state index in [1.54, 1.807) is 6.26 Å². The molecule has 2 amide bonds. The lowest BCUT2D eigenvalue weighted by atomic mass is 10.1. The maximum atomic E-state index is 13.2. The first-order valence-electron chi connectivity index (χ1n) is 10.9. The first-order chi connectivity index (χ1) is 15.5. The first-order valence-corrected chi connectivity index (χ1v) is 10.9. The third kappa shape index (κ3) is 5.48. The van der Waals surface area contributed by atoms with E-state index < -0.39 is 0 Å². The zero-order valence-corrected chi connectivity index (χ0v) is 18.5. The number of anilines is 2. The van der Waals surface area contributed by atoms with E-state index in [4.69, 9.17) is 4.42 Å². The van der Waals surface area contributed by atoms with Gasteiger partial charge < -0.3 is 20.0 Å². The molecule has 6 nitrogen and oxygen atoms in total. The van der Waals surface area contributed by atoms with E-state index in [-0.39, 0.29) is 17.9 Å². The zero-order valence-electron chi connectivity index (χ0n) is 18.5. The van der Waals surface area contributed by atoms with Crippen molar-refractivity contribution in [3.05, 3.63) is 83.6 Å². The van der Waals surface area contributed by atoms with Gasteiger partial charge in [-0.05, 0) is 73.5 Å². The Balaban J connectivity index is 1.37. The Labute approximate surface area is 188 Å². The molecule has 1 aromatic heterocycles. The van der Waals surface area contributed by atoms with E-state index in [0.717, 1.165) is 54.4 Å². The van der Waals surface area contributed by atoms with Crippen molar-refractivity contribution in [1.82, 2.24) is 10.2 Å². The molecular formula is C25H29FN4O2. The summed E-state index contributed by atoms with van der Waals surface area (Å²) >= 11 is 0. The van der Waals surface area contributed by atoms with Crippen molar-refractivity contribution in [2.45, 2.75) is 19.9 Å². The van der Waals surface area contributed by atoms with E-state index >= 15 is 0 Å². The highest BCUT2D eigenvalue weighted by molar-refractivity contribution is 5.89. The molecule has 168 valence electrons. The van der Waals surface area contributed by atoms with Gasteiger partial charge in [0, 0.05) is 44.1 Å². The normalized spacial score (nSPS) is 15.4. The summed E-state index contributed by atoms with van der Waals surface area (Å²) in [5.74, 6) is 0.599. The van der Waals surface area contributed by atoms with Crippen LogP contribution in [-0.2, 0) is 0 Å². The Morgan fingerprint density at radius 2 is 1.72 bits per heavy atom. The minimum atomic E-state index is -0.239. The van der Waals surface area contributed by atoms with E-state index in [1.807, 2.05) is 50.2 Å². The molecule has 0 bridgehead atoms. The van der Waals surface area contributed by atoms with Gasteiger partial charge in [0.25, 0.3) is 0 Å². The number of benzene rings is 2.